The van der Waals surface area contributed by atoms with Crippen molar-refractivity contribution < 1.29 is 14.6 Å². The van der Waals surface area contributed by atoms with E-state index in [1.165, 1.54) is 6.33 Å². The number of hydrogen-bond acceptors (Lipinski definition) is 7. The van der Waals surface area contributed by atoms with Crippen LogP contribution in [-0.4, -0.2) is 78.6 Å². The van der Waals surface area contributed by atoms with Crippen LogP contribution in [0.5, 0.6) is 0 Å². The van der Waals surface area contributed by atoms with Gasteiger partial charge in [-0.05, 0) is 0 Å². The first-order valence-electron chi connectivity index (χ1n) is 8.50. The summed E-state index contributed by atoms with van der Waals surface area (Å²) in [6, 6.07) is 0. The maximum atomic E-state index is 9.61. The molecule has 1 aromatic heterocycles. The van der Waals surface area contributed by atoms with E-state index < -0.39 is 0 Å². The first-order chi connectivity index (χ1) is 12.5. The number of aliphatic hydroxyl groups excluding tert-OH is 1. The fourth-order valence-corrected chi connectivity index (χ4v) is 4.17. The van der Waals surface area contributed by atoms with Gasteiger partial charge in [0, 0.05) is 27.1 Å². The van der Waals surface area contributed by atoms with E-state index in [2.05, 4.69) is 49.0 Å². The minimum atomic E-state index is -0.343. The van der Waals surface area contributed by atoms with Crippen LogP contribution in [0.3, 0.4) is 0 Å². The van der Waals surface area contributed by atoms with Crippen molar-refractivity contribution in [2.75, 3.05) is 38.8 Å². The summed E-state index contributed by atoms with van der Waals surface area (Å²) in [5.41, 5.74) is 1.02. The van der Waals surface area contributed by atoms with Crippen molar-refractivity contribution in [1.29, 1.82) is 0 Å². The van der Waals surface area contributed by atoms with Gasteiger partial charge in [0.05, 0.1) is 35.1 Å². The predicted molar refractivity (Wildman–Crippen MR) is 108 cm³/mol. The summed E-state index contributed by atoms with van der Waals surface area (Å²) >= 11 is 2.39. The number of halogens is 1. The van der Waals surface area contributed by atoms with Gasteiger partial charge >= 0.3 is 0 Å². The highest BCUT2D eigenvalue weighted by Crippen LogP contribution is 2.45. The molecule has 3 rings (SSSR count). The second-order valence-corrected chi connectivity index (χ2v) is 7.97. The molecule has 4 atom stereocenters. The smallest absolute Gasteiger partial charge is 0.163 e. The fourth-order valence-electron chi connectivity index (χ4n) is 3.19. The first-order valence-corrected chi connectivity index (χ1v) is 9.74. The Hall–Kier alpha value is -1.30. The van der Waals surface area contributed by atoms with Crippen molar-refractivity contribution in [3.8, 4) is 0 Å². The fraction of sp³-hybridized carbons (Fsp3) is 0.588. The number of anilines is 1. The van der Waals surface area contributed by atoms with Crippen LogP contribution >= 0.6 is 22.6 Å². The van der Waals surface area contributed by atoms with Crippen molar-refractivity contribution in [1.82, 2.24) is 14.9 Å². The van der Waals surface area contributed by atoms with E-state index in [1.807, 2.05) is 19.0 Å². The molecule has 2 aliphatic heterocycles. The average molecular weight is 473 g/mol. The van der Waals surface area contributed by atoms with E-state index in [-0.39, 0.29) is 29.0 Å². The molecule has 0 aliphatic carbocycles. The minimum Gasteiger partial charge on any atom is -0.394 e. The van der Waals surface area contributed by atoms with Gasteiger partial charge in [0.2, 0.25) is 0 Å². The van der Waals surface area contributed by atoms with Crippen LogP contribution in [0.25, 0.3) is 0 Å². The Kier molecular flexibility index (Phi) is 6.43. The van der Waals surface area contributed by atoms with E-state index in [4.69, 9.17) is 9.47 Å². The quantitative estimate of drug-likeness (QED) is 0.212. The Bertz CT molecular complexity index is 672. The van der Waals surface area contributed by atoms with Crippen molar-refractivity contribution in [2.24, 2.45) is 4.99 Å². The largest absolute Gasteiger partial charge is 0.394 e. The zero-order chi connectivity index (χ0) is 18.7. The molecule has 0 saturated carbocycles. The Balaban J connectivity index is 1.82. The second-order valence-electron chi connectivity index (χ2n) is 6.47. The molecule has 0 spiro atoms. The number of hydrogen-bond donors (Lipinski definition) is 1. The summed E-state index contributed by atoms with van der Waals surface area (Å²) < 4.78 is 12.0. The number of aliphatic imine (C=N–C) groups is 1. The normalized spacial score (nSPS) is 27.9. The van der Waals surface area contributed by atoms with Gasteiger partial charge < -0.3 is 24.4 Å². The van der Waals surface area contributed by atoms with Gasteiger partial charge in [-0.3, -0.25) is 0 Å². The van der Waals surface area contributed by atoms with Crippen LogP contribution in [-0.2, 0) is 9.47 Å². The van der Waals surface area contributed by atoms with Gasteiger partial charge in [-0.2, -0.15) is 0 Å². The number of alkyl halides is 1. The number of nitrogens with zero attached hydrogens (tertiary/aromatic N) is 5. The van der Waals surface area contributed by atoms with Crippen molar-refractivity contribution in [3.05, 3.63) is 24.5 Å². The van der Waals surface area contributed by atoms with E-state index in [9.17, 15) is 5.11 Å². The monoisotopic (exact) mass is 473 g/mol. The third kappa shape index (κ3) is 4.00. The zero-order valence-corrected chi connectivity index (χ0v) is 17.1. The van der Waals surface area contributed by atoms with E-state index in [0.717, 1.165) is 17.9 Å². The van der Waals surface area contributed by atoms with Crippen LogP contribution in [0.1, 0.15) is 15.9 Å². The lowest BCUT2D eigenvalue weighted by molar-refractivity contribution is -0.0410. The number of aromatic nitrogens is 2. The molecule has 2 aliphatic rings. The topological polar surface area (TPSA) is 83.3 Å². The lowest BCUT2D eigenvalue weighted by Crippen LogP contribution is -2.35. The van der Waals surface area contributed by atoms with Gasteiger partial charge in [-0.15, -0.1) is 6.58 Å². The van der Waals surface area contributed by atoms with Gasteiger partial charge in [0.25, 0.3) is 0 Å². The molecule has 1 aromatic rings. The highest BCUT2D eigenvalue weighted by Gasteiger charge is 2.43. The third-order valence-corrected chi connectivity index (χ3v) is 5.35. The number of ether oxygens (including phenoxy) is 2. The molecule has 9 heteroatoms. The molecule has 4 unspecified atom stereocenters. The maximum Gasteiger partial charge on any atom is 0.163 e. The van der Waals surface area contributed by atoms with Crippen LogP contribution in [0.15, 0.2) is 24.0 Å². The van der Waals surface area contributed by atoms with Gasteiger partial charge in [0.15, 0.2) is 5.82 Å². The average Bonchev–Trinajstić information content (AvgIpc) is 3.19. The molecule has 0 radical (unpaired) electrons. The molecule has 1 fully saturated rings. The summed E-state index contributed by atoms with van der Waals surface area (Å²) in [6.07, 6.45) is 4.95. The van der Waals surface area contributed by atoms with E-state index in [1.54, 1.807) is 12.4 Å². The van der Waals surface area contributed by atoms with Crippen molar-refractivity contribution >= 4 is 40.6 Å². The van der Waals surface area contributed by atoms with Gasteiger partial charge in [-0.1, -0.05) is 28.7 Å². The van der Waals surface area contributed by atoms with Crippen LogP contribution in [0, 0.1) is 0 Å². The summed E-state index contributed by atoms with van der Waals surface area (Å²) in [7, 11) is 3.84. The number of rotatable bonds is 7. The van der Waals surface area contributed by atoms with Crippen molar-refractivity contribution in [2.45, 2.75) is 28.8 Å². The predicted octanol–water partition coefficient (Wildman–Crippen LogP) is 1.67. The Labute approximate surface area is 167 Å². The summed E-state index contributed by atoms with van der Waals surface area (Å²) in [6.45, 7) is 4.80. The molecule has 8 nitrogen and oxygen atoms in total. The second kappa shape index (κ2) is 8.59. The van der Waals surface area contributed by atoms with Crippen LogP contribution < -0.4 is 4.90 Å². The number of aliphatic hydroxyl groups is 1. The maximum absolute atomic E-state index is 9.61. The Morgan fingerprint density at radius 1 is 1.54 bits per heavy atom. The molecule has 26 heavy (non-hydrogen) atoms. The zero-order valence-electron chi connectivity index (χ0n) is 15.0. The standard InChI is InChI=1S/C17H24IN5O3/c1-4-5-25-12-6-14(26-13(12)8-24)23-7-11(18)15-16(21-10-22(2)3)19-9-20-17(15)23/h4,9-14,24H,1,5-8H2,2-3H3/b21-10-. The lowest BCUT2D eigenvalue weighted by Gasteiger charge is -2.25. The summed E-state index contributed by atoms with van der Waals surface area (Å²) in [5, 5.41) is 9.61. The number of fused-ring (bicyclic) bond motifs is 1. The molecular formula is C17H24IN5O3. The highest BCUT2D eigenvalue weighted by atomic mass is 127. The molecule has 0 aromatic carbocycles. The van der Waals surface area contributed by atoms with Crippen molar-refractivity contribution in [3.63, 3.8) is 0 Å². The molecular weight excluding hydrogens is 449 g/mol. The SMILES string of the molecule is C=CCOC1CC(N2CC(I)c3c(/N=C\N(C)C)ncnc32)OC1CO. The lowest BCUT2D eigenvalue weighted by atomic mass is 10.2. The molecule has 1 saturated heterocycles. The Morgan fingerprint density at radius 3 is 3.04 bits per heavy atom. The van der Waals surface area contributed by atoms with Crippen LogP contribution in [0.4, 0.5) is 11.6 Å². The summed E-state index contributed by atoms with van der Waals surface area (Å²) in [4.78, 5) is 17.3. The van der Waals surface area contributed by atoms with E-state index >= 15 is 0 Å². The molecule has 3 heterocycles. The summed E-state index contributed by atoms with van der Waals surface area (Å²) in [5.74, 6) is 1.53. The van der Waals surface area contributed by atoms with E-state index in [0.29, 0.717) is 18.8 Å². The third-order valence-electron chi connectivity index (χ3n) is 4.33. The van der Waals surface area contributed by atoms with Crippen LogP contribution in [0.2, 0.25) is 0 Å². The highest BCUT2D eigenvalue weighted by molar-refractivity contribution is 14.1. The molecule has 142 valence electrons. The minimum absolute atomic E-state index is 0.0746. The first kappa shape index (κ1) is 19.5. The van der Waals surface area contributed by atoms with Gasteiger partial charge in [-0.25, -0.2) is 15.0 Å². The Morgan fingerprint density at radius 2 is 2.35 bits per heavy atom. The van der Waals surface area contributed by atoms with Gasteiger partial charge in [0.1, 0.15) is 24.5 Å². The molecule has 1 N–H and O–H groups in total. The molecule has 0 bridgehead atoms. The molecule has 0 amide bonds.